The van der Waals surface area contributed by atoms with Crippen molar-refractivity contribution in [2.24, 2.45) is 0 Å². The molecule has 0 saturated carbocycles. The number of rotatable bonds is 5. The summed E-state index contributed by atoms with van der Waals surface area (Å²) in [5.74, 6) is 0.800. The minimum absolute atomic E-state index is 0.0439. The number of ether oxygens (including phenoxy) is 1. The molecule has 1 aliphatic heterocycles. The van der Waals surface area contributed by atoms with Crippen LogP contribution >= 0.6 is 11.6 Å². The number of benzene rings is 2. The molecule has 1 amide bonds. The van der Waals surface area contributed by atoms with E-state index in [9.17, 15) is 9.59 Å². The Labute approximate surface area is 239 Å². The van der Waals surface area contributed by atoms with E-state index >= 15 is 0 Å². The van der Waals surface area contributed by atoms with Crippen molar-refractivity contribution in [3.63, 3.8) is 0 Å². The number of halogens is 1. The van der Waals surface area contributed by atoms with Crippen molar-refractivity contribution >= 4 is 34.4 Å². The Morgan fingerprint density at radius 3 is 2.45 bits per heavy atom. The van der Waals surface area contributed by atoms with Gasteiger partial charge in [-0.2, -0.15) is 0 Å². The first-order chi connectivity index (χ1) is 18.9. The summed E-state index contributed by atoms with van der Waals surface area (Å²) in [5.41, 5.74) is 5.23. The summed E-state index contributed by atoms with van der Waals surface area (Å²) >= 11 is 5.94. The first-order valence-electron chi connectivity index (χ1n) is 13.4. The van der Waals surface area contributed by atoms with E-state index in [4.69, 9.17) is 20.8 Å². The van der Waals surface area contributed by atoms with Crippen LogP contribution in [0.25, 0.3) is 22.3 Å². The quantitative estimate of drug-likeness (QED) is 0.253. The summed E-state index contributed by atoms with van der Waals surface area (Å²) in [5, 5.41) is 4.42. The van der Waals surface area contributed by atoms with Crippen molar-refractivity contribution in [2.75, 3.05) is 18.4 Å². The standard InChI is InChI=1S/C32H34ClN3O4/c1-18-13-25(20(3)35-24-11-12-27(33)34-15-24)30-26(14-18)28(37)19(2)29(39-30)22-9-7-21(8-10-22)23-16-36(17-23)31(38)40-32(4,5)6/h7-15,20,23,35H,16-17H2,1-6H3/t20-/m1/s1. The number of anilines is 1. The Morgan fingerprint density at radius 2 is 1.82 bits per heavy atom. The minimum atomic E-state index is -0.509. The van der Waals surface area contributed by atoms with E-state index in [-0.39, 0.29) is 23.5 Å². The number of nitrogens with one attached hydrogen (secondary N) is 1. The zero-order valence-electron chi connectivity index (χ0n) is 23.7. The molecule has 7 nitrogen and oxygen atoms in total. The minimum Gasteiger partial charge on any atom is -0.455 e. The molecule has 0 spiro atoms. The SMILES string of the molecule is Cc1cc([C@@H](C)Nc2ccc(Cl)nc2)c2oc(-c3ccc(C4CN(C(=O)OC(C)(C)C)C4)cc3)c(C)c(=O)c2c1. The van der Waals surface area contributed by atoms with Gasteiger partial charge < -0.3 is 19.4 Å². The number of hydrogen-bond donors (Lipinski definition) is 1. The van der Waals surface area contributed by atoms with Crippen LogP contribution in [0.4, 0.5) is 10.5 Å². The Balaban J connectivity index is 1.42. The van der Waals surface area contributed by atoms with Crippen LogP contribution < -0.4 is 10.7 Å². The Hall–Kier alpha value is -3.84. The molecule has 0 aliphatic carbocycles. The number of pyridine rings is 1. The fourth-order valence-electron chi connectivity index (χ4n) is 5.03. The number of hydrogen-bond acceptors (Lipinski definition) is 6. The molecule has 40 heavy (non-hydrogen) atoms. The maximum absolute atomic E-state index is 13.5. The van der Waals surface area contributed by atoms with Gasteiger partial charge in [0.05, 0.1) is 23.3 Å². The molecule has 0 radical (unpaired) electrons. The monoisotopic (exact) mass is 559 g/mol. The molecule has 0 unspecified atom stereocenters. The zero-order chi connectivity index (χ0) is 28.8. The zero-order valence-corrected chi connectivity index (χ0v) is 24.4. The Morgan fingerprint density at radius 1 is 1.12 bits per heavy atom. The molecule has 1 atom stereocenters. The van der Waals surface area contributed by atoms with Crippen LogP contribution in [0, 0.1) is 13.8 Å². The number of amides is 1. The molecule has 0 bridgehead atoms. The third-order valence-electron chi connectivity index (χ3n) is 7.15. The average molecular weight is 560 g/mol. The predicted molar refractivity (Wildman–Crippen MR) is 159 cm³/mol. The summed E-state index contributed by atoms with van der Waals surface area (Å²) in [7, 11) is 0. The number of carbonyl (C=O) groups excluding carboxylic acids is 1. The summed E-state index contributed by atoms with van der Waals surface area (Å²) in [6, 6.07) is 15.4. The third-order valence-corrected chi connectivity index (χ3v) is 7.37. The van der Waals surface area contributed by atoms with Gasteiger partial charge in [-0.1, -0.05) is 41.9 Å². The maximum Gasteiger partial charge on any atom is 0.410 e. The molecule has 1 saturated heterocycles. The lowest BCUT2D eigenvalue weighted by molar-refractivity contribution is 0.00819. The summed E-state index contributed by atoms with van der Waals surface area (Å²) in [6.07, 6.45) is 1.40. The van der Waals surface area contributed by atoms with Crippen LogP contribution in [0.2, 0.25) is 5.15 Å². The van der Waals surface area contributed by atoms with Gasteiger partial charge in [0.2, 0.25) is 0 Å². The van der Waals surface area contributed by atoms with E-state index in [2.05, 4.69) is 10.3 Å². The van der Waals surface area contributed by atoms with Gasteiger partial charge in [-0.3, -0.25) is 4.79 Å². The second-order valence-electron chi connectivity index (χ2n) is 11.6. The van der Waals surface area contributed by atoms with Crippen LogP contribution in [0.1, 0.15) is 61.9 Å². The smallest absolute Gasteiger partial charge is 0.410 e. The average Bonchev–Trinajstić information content (AvgIpc) is 2.86. The number of fused-ring (bicyclic) bond motifs is 1. The third kappa shape index (κ3) is 5.70. The highest BCUT2D eigenvalue weighted by Crippen LogP contribution is 2.34. The summed E-state index contributed by atoms with van der Waals surface area (Å²) in [6.45, 7) is 12.7. The molecule has 2 aromatic carbocycles. The highest BCUT2D eigenvalue weighted by atomic mass is 35.5. The number of nitrogens with zero attached hydrogens (tertiary/aromatic N) is 2. The molecule has 2 aromatic heterocycles. The molecule has 5 rings (SSSR count). The van der Waals surface area contributed by atoms with E-state index in [1.165, 1.54) is 0 Å². The van der Waals surface area contributed by atoms with Crippen LogP contribution in [0.15, 0.2) is 63.9 Å². The van der Waals surface area contributed by atoms with Crippen molar-refractivity contribution in [1.29, 1.82) is 0 Å². The molecule has 208 valence electrons. The van der Waals surface area contributed by atoms with Gasteiger partial charge in [0, 0.05) is 35.7 Å². The fraction of sp³-hybridized carbons (Fsp3) is 0.344. The van der Waals surface area contributed by atoms with Gasteiger partial charge >= 0.3 is 6.09 Å². The number of carbonyl (C=O) groups is 1. The van der Waals surface area contributed by atoms with Gasteiger partial charge in [0.1, 0.15) is 22.1 Å². The highest BCUT2D eigenvalue weighted by Gasteiger charge is 2.34. The summed E-state index contributed by atoms with van der Waals surface area (Å²) < 4.78 is 12.0. The van der Waals surface area contributed by atoms with Crippen molar-refractivity contribution in [2.45, 2.75) is 59.1 Å². The second kappa shape index (κ2) is 10.6. The van der Waals surface area contributed by atoms with E-state index in [0.717, 1.165) is 27.9 Å². The first-order valence-corrected chi connectivity index (χ1v) is 13.8. The topological polar surface area (TPSA) is 84.7 Å². The normalized spacial score (nSPS) is 14.6. The van der Waals surface area contributed by atoms with Crippen molar-refractivity contribution in [3.8, 4) is 11.3 Å². The lowest BCUT2D eigenvalue weighted by Gasteiger charge is -2.40. The van der Waals surface area contributed by atoms with Crippen molar-refractivity contribution < 1.29 is 13.9 Å². The molecule has 1 aliphatic rings. The molecular weight excluding hydrogens is 526 g/mol. The number of aryl methyl sites for hydroxylation is 1. The molecule has 3 heterocycles. The second-order valence-corrected chi connectivity index (χ2v) is 11.9. The van der Waals surface area contributed by atoms with Crippen LogP contribution in [-0.4, -0.2) is 34.7 Å². The van der Waals surface area contributed by atoms with Gasteiger partial charge in [-0.25, -0.2) is 9.78 Å². The van der Waals surface area contributed by atoms with Crippen molar-refractivity contribution in [3.05, 3.63) is 92.4 Å². The maximum atomic E-state index is 13.5. The van der Waals surface area contributed by atoms with E-state index in [0.29, 0.717) is 40.5 Å². The first kappa shape index (κ1) is 27.7. The predicted octanol–water partition coefficient (Wildman–Crippen LogP) is 7.63. The van der Waals surface area contributed by atoms with Gasteiger partial charge in [-0.15, -0.1) is 0 Å². The van der Waals surface area contributed by atoms with E-state index < -0.39 is 5.60 Å². The molecular formula is C32H34ClN3O4. The van der Waals surface area contributed by atoms with Crippen molar-refractivity contribution in [1.82, 2.24) is 9.88 Å². The fourth-order valence-corrected chi connectivity index (χ4v) is 5.14. The van der Waals surface area contributed by atoms with Crippen LogP contribution in [0.5, 0.6) is 0 Å². The Kier molecular flexibility index (Phi) is 7.36. The number of aromatic nitrogens is 1. The molecule has 4 aromatic rings. The largest absolute Gasteiger partial charge is 0.455 e. The molecule has 1 N–H and O–H groups in total. The van der Waals surface area contributed by atoms with E-state index in [1.54, 1.807) is 17.2 Å². The Bertz CT molecular complexity index is 1620. The lowest BCUT2D eigenvalue weighted by Crippen LogP contribution is -2.50. The lowest BCUT2D eigenvalue weighted by atomic mass is 9.90. The molecule has 8 heteroatoms. The van der Waals surface area contributed by atoms with Crippen LogP contribution in [-0.2, 0) is 4.74 Å². The van der Waals surface area contributed by atoms with Gasteiger partial charge in [0.25, 0.3) is 0 Å². The van der Waals surface area contributed by atoms with Crippen LogP contribution in [0.3, 0.4) is 0 Å². The highest BCUT2D eigenvalue weighted by molar-refractivity contribution is 6.29. The summed E-state index contributed by atoms with van der Waals surface area (Å²) in [4.78, 5) is 31.7. The van der Waals surface area contributed by atoms with E-state index in [1.807, 2.05) is 84.0 Å². The van der Waals surface area contributed by atoms with Gasteiger partial charge in [0.15, 0.2) is 5.43 Å². The van der Waals surface area contributed by atoms with Gasteiger partial charge in [-0.05, 0) is 70.9 Å². The molecule has 1 fully saturated rings. The number of likely N-dealkylation sites (tertiary alicyclic amines) is 1.